The third-order valence-electron chi connectivity index (χ3n) is 2.75. The lowest BCUT2D eigenvalue weighted by Crippen LogP contribution is -2.13. The Balaban J connectivity index is 2.29. The van der Waals surface area contributed by atoms with Crippen molar-refractivity contribution in [3.8, 4) is 0 Å². The average Bonchev–Trinajstić information content (AvgIpc) is 2.40. The lowest BCUT2D eigenvalue weighted by Gasteiger charge is -2.09. The van der Waals surface area contributed by atoms with Crippen LogP contribution < -0.4 is 11.1 Å². The van der Waals surface area contributed by atoms with Crippen molar-refractivity contribution in [2.75, 3.05) is 11.9 Å². The topological polar surface area (TPSA) is 55.1 Å². The van der Waals surface area contributed by atoms with Gasteiger partial charge in [-0.05, 0) is 30.5 Å². The molecule has 0 saturated carbocycles. The fourth-order valence-electron chi connectivity index (χ4n) is 1.85. The second-order valence-corrected chi connectivity index (χ2v) is 4.94. The number of amides is 1. The average molecular weight is 307 g/mol. The van der Waals surface area contributed by atoms with Crippen LogP contribution in [0.2, 0.25) is 0 Å². The van der Waals surface area contributed by atoms with Gasteiger partial charge < -0.3 is 11.1 Å². The molecule has 2 rings (SSSR count). The highest BCUT2D eigenvalue weighted by molar-refractivity contribution is 9.10. The van der Waals surface area contributed by atoms with E-state index < -0.39 is 0 Å². The quantitative estimate of drug-likeness (QED) is 0.911. The van der Waals surface area contributed by atoms with Gasteiger partial charge in [-0.1, -0.05) is 40.2 Å². The minimum Gasteiger partial charge on any atom is -0.330 e. The summed E-state index contributed by atoms with van der Waals surface area (Å²) in [4.78, 5) is 11.7. The highest BCUT2D eigenvalue weighted by atomic mass is 79.9. The minimum absolute atomic E-state index is 0.00734. The number of benzene rings is 2. The zero-order chi connectivity index (χ0) is 13.0. The molecule has 94 valence electrons. The summed E-state index contributed by atoms with van der Waals surface area (Å²) in [6.07, 6.45) is 1.17. The predicted molar refractivity (Wildman–Crippen MR) is 78.6 cm³/mol. The lowest BCUT2D eigenvalue weighted by molar-refractivity contribution is -0.116. The summed E-state index contributed by atoms with van der Waals surface area (Å²) in [5.41, 5.74) is 6.24. The molecule has 0 unspecified atom stereocenters. The van der Waals surface area contributed by atoms with E-state index >= 15 is 0 Å². The smallest absolute Gasteiger partial charge is 0.224 e. The highest BCUT2D eigenvalue weighted by Crippen LogP contribution is 2.29. The van der Waals surface area contributed by atoms with Gasteiger partial charge in [-0.15, -0.1) is 0 Å². The zero-order valence-electron chi connectivity index (χ0n) is 9.95. The van der Waals surface area contributed by atoms with Gasteiger partial charge in [-0.25, -0.2) is 0 Å². The van der Waals surface area contributed by atoms with E-state index in [2.05, 4.69) is 21.2 Å². The lowest BCUT2D eigenvalue weighted by atomic mass is 10.1. The third kappa shape index (κ3) is 2.89. The fraction of sp³-hybridized carbons (Fsp3) is 0.214. The Kier molecular flexibility index (Phi) is 4.33. The number of anilines is 1. The maximum absolute atomic E-state index is 11.7. The molecule has 0 heterocycles. The van der Waals surface area contributed by atoms with Crippen LogP contribution in [0.1, 0.15) is 12.8 Å². The van der Waals surface area contributed by atoms with Gasteiger partial charge in [0.25, 0.3) is 0 Å². The Labute approximate surface area is 114 Å². The van der Waals surface area contributed by atoms with Gasteiger partial charge >= 0.3 is 0 Å². The number of nitrogens with one attached hydrogen (secondary N) is 1. The Morgan fingerprint density at radius 1 is 1.17 bits per heavy atom. The summed E-state index contributed by atoms with van der Waals surface area (Å²) in [6, 6.07) is 11.8. The molecular formula is C14H15BrN2O. The van der Waals surface area contributed by atoms with Crippen LogP contribution in [0.15, 0.2) is 40.9 Å². The van der Waals surface area contributed by atoms with Crippen LogP contribution in [0.25, 0.3) is 10.8 Å². The van der Waals surface area contributed by atoms with Crippen LogP contribution in [0.5, 0.6) is 0 Å². The summed E-state index contributed by atoms with van der Waals surface area (Å²) >= 11 is 3.51. The van der Waals surface area contributed by atoms with Gasteiger partial charge in [-0.3, -0.25) is 4.79 Å². The van der Waals surface area contributed by atoms with Crippen molar-refractivity contribution in [2.45, 2.75) is 12.8 Å². The number of hydrogen-bond donors (Lipinski definition) is 2. The normalized spacial score (nSPS) is 10.6. The van der Waals surface area contributed by atoms with E-state index in [0.29, 0.717) is 19.4 Å². The van der Waals surface area contributed by atoms with Crippen molar-refractivity contribution in [3.05, 3.63) is 40.9 Å². The number of carbonyl (C=O) groups is 1. The third-order valence-corrected chi connectivity index (χ3v) is 3.44. The Bertz CT molecular complexity index is 569. The monoisotopic (exact) mass is 306 g/mol. The number of carbonyl (C=O) groups excluding carboxylic acids is 1. The first-order valence-corrected chi connectivity index (χ1v) is 6.69. The maximum Gasteiger partial charge on any atom is 0.224 e. The minimum atomic E-state index is 0.00734. The number of nitrogens with two attached hydrogens (primary N) is 1. The molecule has 0 aliphatic carbocycles. The van der Waals surface area contributed by atoms with Crippen LogP contribution >= 0.6 is 15.9 Å². The van der Waals surface area contributed by atoms with E-state index in [0.717, 1.165) is 20.9 Å². The van der Waals surface area contributed by atoms with Crippen LogP contribution in [0.3, 0.4) is 0 Å². The summed E-state index contributed by atoms with van der Waals surface area (Å²) in [6.45, 7) is 0.536. The summed E-state index contributed by atoms with van der Waals surface area (Å²) in [5, 5.41) is 5.06. The molecule has 2 aromatic carbocycles. The molecular weight excluding hydrogens is 292 g/mol. The van der Waals surface area contributed by atoms with Crippen LogP contribution in [0.4, 0.5) is 5.69 Å². The van der Waals surface area contributed by atoms with Crippen LogP contribution in [0, 0.1) is 0 Å². The molecule has 0 spiro atoms. The largest absolute Gasteiger partial charge is 0.330 e. The number of fused-ring (bicyclic) bond motifs is 1. The van der Waals surface area contributed by atoms with E-state index in [-0.39, 0.29) is 5.91 Å². The van der Waals surface area contributed by atoms with Gasteiger partial charge in [0.1, 0.15) is 0 Å². The van der Waals surface area contributed by atoms with E-state index in [1.165, 1.54) is 0 Å². The van der Waals surface area contributed by atoms with Crippen molar-refractivity contribution in [1.29, 1.82) is 0 Å². The SMILES string of the molecule is NCCCC(=O)Nc1ccc(Br)c2ccccc12. The van der Waals surface area contributed by atoms with Crippen molar-refractivity contribution < 1.29 is 4.79 Å². The van der Waals surface area contributed by atoms with E-state index in [1.54, 1.807) is 0 Å². The molecule has 0 bridgehead atoms. The van der Waals surface area contributed by atoms with E-state index in [9.17, 15) is 4.79 Å². The van der Waals surface area contributed by atoms with Crippen molar-refractivity contribution in [2.24, 2.45) is 5.73 Å². The second kappa shape index (κ2) is 5.98. The number of rotatable bonds is 4. The fourth-order valence-corrected chi connectivity index (χ4v) is 2.32. The first-order valence-electron chi connectivity index (χ1n) is 5.89. The standard InChI is InChI=1S/C14H15BrN2O/c15-12-7-8-13(17-14(18)6-3-9-16)11-5-2-1-4-10(11)12/h1-2,4-5,7-8H,3,6,9,16H2,(H,17,18). The van der Waals surface area contributed by atoms with Crippen molar-refractivity contribution in [3.63, 3.8) is 0 Å². The van der Waals surface area contributed by atoms with Crippen LogP contribution in [-0.2, 0) is 4.79 Å². The van der Waals surface area contributed by atoms with Gasteiger partial charge in [0.2, 0.25) is 5.91 Å². The zero-order valence-corrected chi connectivity index (χ0v) is 11.5. The molecule has 0 radical (unpaired) electrons. The van der Waals surface area contributed by atoms with E-state index in [1.807, 2.05) is 36.4 Å². The van der Waals surface area contributed by atoms with Crippen molar-refractivity contribution in [1.82, 2.24) is 0 Å². The van der Waals surface area contributed by atoms with Crippen LogP contribution in [-0.4, -0.2) is 12.5 Å². The Hall–Kier alpha value is -1.39. The molecule has 1 amide bonds. The second-order valence-electron chi connectivity index (χ2n) is 4.08. The molecule has 3 N–H and O–H groups in total. The first kappa shape index (κ1) is 13.1. The summed E-state index contributed by atoms with van der Waals surface area (Å²) in [5.74, 6) is 0.00734. The molecule has 0 aliphatic rings. The Morgan fingerprint density at radius 2 is 1.89 bits per heavy atom. The molecule has 0 aliphatic heterocycles. The molecule has 0 atom stereocenters. The molecule has 4 heteroatoms. The molecule has 3 nitrogen and oxygen atoms in total. The number of halogens is 1. The molecule has 0 aromatic heterocycles. The van der Waals surface area contributed by atoms with Gasteiger partial charge in [0, 0.05) is 22.0 Å². The summed E-state index contributed by atoms with van der Waals surface area (Å²) in [7, 11) is 0. The molecule has 18 heavy (non-hydrogen) atoms. The van der Waals surface area contributed by atoms with Gasteiger partial charge in [-0.2, -0.15) is 0 Å². The first-order chi connectivity index (χ1) is 8.72. The maximum atomic E-state index is 11.7. The molecule has 0 saturated heterocycles. The van der Waals surface area contributed by atoms with Gasteiger partial charge in [0.05, 0.1) is 0 Å². The molecule has 0 fully saturated rings. The predicted octanol–water partition coefficient (Wildman–Crippen LogP) is 3.28. The Morgan fingerprint density at radius 3 is 2.61 bits per heavy atom. The number of hydrogen-bond acceptors (Lipinski definition) is 2. The highest BCUT2D eigenvalue weighted by Gasteiger charge is 2.07. The molecule has 2 aromatic rings. The van der Waals surface area contributed by atoms with Crippen molar-refractivity contribution >= 4 is 38.3 Å². The van der Waals surface area contributed by atoms with E-state index in [4.69, 9.17) is 5.73 Å². The van der Waals surface area contributed by atoms with Gasteiger partial charge in [0.15, 0.2) is 0 Å². The summed E-state index contributed by atoms with van der Waals surface area (Å²) < 4.78 is 1.03.